The third kappa shape index (κ3) is 3.66. The summed E-state index contributed by atoms with van der Waals surface area (Å²) >= 11 is 0. The van der Waals surface area contributed by atoms with Gasteiger partial charge in [0.1, 0.15) is 18.7 Å². The summed E-state index contributed by atoms with van der Waals surface area (Å²) in [5.74, 6) is 1.17. The van der Waals surface area contributed by atoms with E-state index < -0.39 is 0 Å². The van der Waals surface area contributed by atoms with Gasteiger partial charge in [0.2, 0.25) is 5.91 Å². The van der Waals surface area contributed by atoms with E-state index in [9.17, 15) is 4.79 Å². The predicted octanol–water partition coefficient (Wildman–Crippen LogP) is 0.915. The second kappa shape index (κ2) is 6.31. The zero-order valence-corrected chi connectivity index (χ0v) is 12.0. The molecule has 0 aliphatic carbocycles. The lowest BCUT2D eigenvalue weighted by Crippen LogP contribution is -2.33. The SMILES string of the molecule is CC(C)C[C@H](NC(=O)Cn1ccnc1)c1ncnn1C. The van der Waals surface area contributed by atoms with Crippen LogP contribution in [0.4, 0.5) is 0 Å². The second-order valence-electron chi connectivity index (χ2n) is 5.23. The molecular weight excluding hydrogens is 256 g/mol. The molecule has 2 aromatic rings. The first-order valence-electron chi connectivity index (χ1n) is 6.65. The topological polar surface area (TPSA) is 77.6 Å². The van der Waals surface area contributed by atoms with Gasteiger partial charge in [-0.1, -0.05) is 13.8 Å². The number of aromatic nitrogens is 5. The molecule has 0 saturated heterocycles. The van der Waals surface area contributed by atoms with Crippen molar-refractivity contribution in [1.29, 1.82) is 0 Å². The summed E-state index contributed by atoms with van der Waals surface area (Å²) in [4.78, 5) is 20.3. The Balaban J connectivity index is 2.04. The first-order valence-corrected chi connectivity index (χ1v) is 6.65. The molecule has 0 fully saturated rings. The van der Waals surface area contributed by atoms with Gasteiger partial charge in [-0.05, 0) is 12.3 Å². The lowest BCUT2D eigenvalue weighted by atomic mass is 10.0. The Labute approximate surface area is 118 Å². The summed E-state index contributed by atoms with van der Waals surface area (Å²) in [7, 11) is 1.83. The minimum atomic E-state index is -0.126. The van der Waals surface area contributed by atoms with E-state index in [0.29, 0.717) is 5.92 Å². The second-order valence-corrected chi connectivity index (χ2v) is 5.23. The standard InChI is InChI=1S/C13H20N6O/c1-10(2)6-11(13-15-8-16-18(13)3)17-12(20)7-19-5-4-14-9-19/h4-5,8-11H,6-7H2,1-3H3,(H,17,20)/t11-/m0/s1. The summed E-state index contributed by atoms with van der Waals surface area (Å²) in [6.45, 7) is 4.49. The van der Waals surface area contributed by atoms with Crippen molar-refractivity contribution < 1.29 is 4.79 Å². The van der Waals surface area contributed by atoms with Crippen molar-refractivity contribution in [3.63, 3.8) is 0 Å². The number of carbonyl (C=O) groups excluding carboxylic acids is 1. The van der Waals surface area contributed by atoms with Gasteiger partial charge in [-0.25, -0.2) is 9.97 Å². The Morgan fingerprint density at radius 3 is 2.80 bits per heavy atom. The fourth-order valence-corrected chi connectivity index (χ4v) is 2.11. The Kier molecular flexibility index (Phi) is 4.49. The van der Waals surface area contributed by atoms with Gasteiger partial charge in [0.05, 0.1) is 12.4 Å². The van der Waals surface area contributed by atoms with Crippen LogP contribution in [-0.2, 0) is 18.4 Å². The molecule has 108 valence electrons. The third-order valence-corrected chi connectivity index (χ3v) is 2.99. The van der Waals surface area contributed by atoms with Gasteiger partial charge in [-0.3, -0.25) is 9.48 Å². The van der Waals surface area contributed by atoms with Gasteiger partial charge >= 0.3 is 0 Å². The highest BCUT2D eigenvalue weighted by atomic mass is 16.2. The van der Waals surface area contributed by atoms with Crippen LogP contribution in [0, 0.1) is 5.92 Å². The summed E-state index contributed by atoms with van der Waals surface area (Å²) in [5, 5.41) is 7.09. The van der Waals surface area contributed by atoms with E-state index in [1.54, 1.807) is 28.0 Å². The molecule has 1 amide bonds. The maximum atomic E-state index is 12.1. The highest BCUT2D eigenvalue weighted by Crippen LogP contribution is 2.18. The molecule has 7 heteroatoms. The van der Waals surface area contributed by atoms with E-state index in [1.807, 2.05) is 7.05 Å². The van der Waals surface area contributed by atoms with Crippen LogP contribution < -0.4 is 5.32 Å². The zero-order chi connectivity index (χ0) is 14.5. The van der Waals surface area contributed by atoms with Gasteiger partial charge in [-0.15, -0.1) is 0 Å². The van der Waals surface area contributed by atoms with Crippen molar-refractivity contribution in [2.75, 3.05) is 0 Å². The summed E-state index contributed by atoms with van der Waals surface area (Å²) in [6.07, 6.45) is 7.37. The first-order chi connectivity index (χ1) is 9.56. The molecule has 1 N–H and O–H groups in total. The highest BCUT2D eigenvalue weighted by molar-refractivity contribution is 5.76. The van der Waals surface area contributed by atoms with E-state index in [-0.39, 0.29) is 18.5 Å². The maximum absolute atomic E-state index is 12.1. The molecule has 2 rings (SSSR count). The fourth-order valence-electron chi connectivity index (χ4n) is 2.11. The van der Waals surface area contributed by atoms with Gasteiger partial charge in [0.25, 0.3) is 0 Å². The molecule has 0 aliphatic rings. The number of hydrogen-bond acceptors (Lipinski definition) is 4. The lowest BCUT2D eigenvalue weighted by Gasteiger charge is -2.19. The molecule has 0 radical (unpaired) electrons. The van der Waals surface area contributed by atoms with E-state index in [0.717, 1.165) is 12.2 Å². The molecule has 20 heavy (non-hydrogen) atoms. The largest absolute Gasteiger partial charge is 0.345 e. The van der Waals surface area contributed by atoms with Crippen molar-refractivity contribution in [2.45, 2.75) is 32.9 Å². The molecule has 7 nitrogen and oxygen atoms in total. The van der Waals surface area contributed by atoms with Crippen LogP contribution in [0.25, 0.3) is 0 Å². The number of aryl methyl sites for hydroxylation is 1. The predicted molar refractivity (Wildman–Crippen MR) is 73.6 cm³/mol. The van der Waals surface area contributed by atoms with E-state index >= 15 is 0 Å². The molecule has 0 bridgehead atoms. The van der Waals surface area contributed by atoms with Crippen LogP contribution in [0.1, 0.15) is 32.1 Å². The molecule has 2 heterocycles. The number of nitrogens with zero attached hydrogens (tertiary/aromatic N) is 5. The third-order valence-electron chi connectivity index (χ3n) is 2.99. The minimum Gasteiger partial charge on any atom is -0.345 e. The number of nitrogens with one attached hydrogen (secondary N) is 1. The van der Waals surface area contributed by atoms with Gasteiger partial charge in [0, 0.05) is 19.4 Å². The van der Waals surface area contributed by atoms with Crippen LogP contribution in [0.15, 0.2) is 25.0 Å². The molecule has 1 atom stereocenters. The van der Waals surface area contributed by atoms with Crippen molar-refractivity contribution in [3.05, 3.63) is 30.9 Å². The van der Waals surface area contributed by atoms with Gasteiger partial charge in [-0.2, -0.15) is 5.10 Å². The van der Waals surface area contributed by atoms with Crippen molar-refractivity contribution in [2.24, 2.45) is 13.0 Å². The smallest absolute Gasteiger partial charge is 0.240 e. The van der Waals surface area contributed by atoms with E-state index in [1.165, 1.54) is 6.33 Å². The Bertz CT molecular complexity index is 545. The van der Waals surface area contributed by atoms with Crippen LogP contribution in [0.3, 0.4) is 0 Å². The van der Waals surface area contributed by atoms with E-state index in [4.69, 9.17) is 0 Å². The number of carbonyl (C=O) groups is 1. The Morgan fingerprint density at radius 1 is 1.45 bits per heavy atom. The quantitative estimate of drug-likeness (QED) is 0.851. The van der Waals surface area contributed by atoms with Crippen molar-refractivity contribution >= 4 is 5.91 Å². The number of rotatable bonds is 6. The molecular formula is C13H20N6O. The molecule has 0 aliphatic heterocycles. The monoisotopic (exact) mass is 276 g/mol. The van der Waals surface area contributed by atoms with Crippen molar-refractivity contribution in [3.8, 4) is 0 Å². The zero-order valence-electron chi connectivity index (χ0n) is 12.0. The van der Waals surface area contributed by atoms with Crippen molar-refractivity contribution in [1.82, 2.24) is 29.6 Å². The summed E-state index contributed by atoms with van der Waals surface area (Å²) in [6, 6.07) is -0.126. The lowest BCUT2D eigenvalue weighted by molar-refractivity contribution is -0.122. The van der Waals surface area contributed by atoms with Gasteiger partial charge in [0.15, 0.2) is 0 Å². The van der Waals surface area contributed by atoms with Crippen LogP contribution in [-0.4, -0.2) is 30.2 Å². The Morgan fingerprint density at radius 2 is 2.25 bits per heavy atom. The minimum absolute atomic E-state index is 0.0587. The molecule has 0 saturated carbocycles. The number of imidazole rings is 1. The molecule has 0 unspecified atom stereocenters. The molecule has 2 aromatic heterocycles. The summed E-state index contributed by atoms with van der Waals surface area (Å²) in [5.41, 5.74) is 0. The summed E-state index contributed by atoms with van der Waals surface area (Å²) < 4.78 is 3.43. The Hall–Kier alpha value is -2.18. The van der Waals surface area contributed by atoms with Gasteiger partial charge < -0.3 is 9.88 Å². The van der Waals surface area contributed by atoms with Crippen LogP contribution in [0.2, 0.25) is 0 Å². The number of amides is 1. The van der Waals surface area contributed by atoms with Crippen LogP contribution >= 0.6 is 0 Å². The highest BCUT2D eigenvalue weighted by Gasteiger charge is 2.20. The average molecular weight is 276 g/mol. The normalized spacial score (nSPS) is 12.6. The van der Waals surface area contributed by atoms with Crippen LogP contribution in [0.5, 0.6) is 0 Å². The average Bonchev–Trinajstić information content (AvgIpc) is 2.99. The van der Waals surface area contributed by atoms with E-state index in [2.05, 4.69) is 34.2 Å². The molecule has 0 aromatic carbocycles. The molecule has 0 spiro atoms. The maximum Gasteiger partial charge on any atom is 0.240 e. The number of hydrogen-bond donors (Lipinski definition) is 1. The fraction of sp³-hybridized carbons (Fsp3) is 0.538. The first kappa shape index (κ1) is 14.2.